The normalized spacial score (nSPS) is 20.3. The zero-order chi connectivity index (χ0) is 23.4. The van der Waals surface area contributed by atoms with Gasteiger partial charge in [-0.25, -0.2) is 0 Å². The molecule has 1 heterocycles. The molecule has 1 aliphatic heterocycles. The standard InChI is InChI=1S/C27H28ClN3O/c1-15-6-9-19(17(3)10-15)24-20(14-29)26(30)31(18-8-7-16(2)21(28)11-18)22-12-27(4,5)13-23(32)25(22)24/h6-11,24H,12-13,30H2,1-5H3. The molecular formula is C27H28ClN3O. The molecule has 0 aromatic heterocycles. The van der Waals surface area contributed by atoms with Crippen molar-refractivity contribution in [1.82, 2.24) is 0 Å². The number of allylic oxidation sites excluding steroid dienone is 3. The van der Waals surface area contributed by atoms with E-state index in [4.69, 9.17) is 17.3 Å². The number of ketones is 1. The SMILES string of the molecule is Cc1ccc(C2C(C#N)=C(N)N(c3ccc(C)c(Cl)c3)C3=C2C(=O)CC(C)(C)C3)c(C)c1. The molecule has 1 unspecified atom stereocenters. The van der Waals surface area contributed by atoms with E-state index in [1.807, 2.05) is 56.0 Å². The van der Waals surface area contributed by atoms with Crippen LogP contribution in [0.25, 0.3) is 0 Å². The van der Waals surface area contributed by atoms with Gasteiger partial charge >= 0.3 is 0 Å². The lowest BCUT2D eigenvalue weighted by molar-refractivity contribution is -0.118. The summed E-state index contributed by atoms with van der Waals surface area (Å²) in [6.07, 6.45) is 1.12. The second-order valence-corrected chi connectivity index (χ2v) is 10.2. The Morgan fingerprint density at radius 3 is 2.44 bits per heavy atom. The molecule has 5 heteroatoms. The van der Waals surface area contributed by atoms with E-state index in [9.17, 15) is 10.1 Å². The summed E-state index contributed by atoms with van der Waals surface area (Å²) in [7, 11) is 0. The fourth-order valence-electron chi connectivity index (χ4n) is 4.99. The molecule has 0 saturated carbocycles. The number of carbonyl (C=O) groups is 1. The van der Waals surface area contributed by atoms with Crippen LogP contribution in [0.2, 0.25) is 5.02 Å². The van der Waals surface area contributed by atoms with E-state index < -0.39 is 5.92 Å². The molecule has 0 fully saturated rings. The number of carbonyl (C=O) groups excluding carboxylic acids is 1. The summed E-state index contributed by atoms with van der Waals surface area (Å²) in [5.74, 6) is -0.0253. The van der Waals surface area contributed by atoms with Crippen molar-refractivity contribution in [2.24, 2.45) is 11.1 Å². The van der Waals surface area contributed by atoms with Crippen LogP contribution in [0.1, 0.15) is 54.9 Å². The maximum absolute atomic E-state index is 13.6. The predicted molar refractivity (Wildman–Crippen MR) is 129 cm³/mol. The number of halogens is 1. The summed E-state index contributed by atoms with van der Waals surface area (Å²) >= 11 is 6.44. The second-order valence-electron chi connectivity index (χ2n) is 9.77. The fraction of sp³-hybridized carbons (Fsp3) is 0.333. The Balaban J connectivity index is 2.03. The summed E-state index contributed by atoms with van der Waals surface area (Å²) in [5, 5.41) is 10.8. The lowest BCUT2D eigenvalue weighted by atomic mass is 9.68. The number of aryl methyl sites for hydroxylation is 3. The van der Waals surface area contributed by atoms with E-state index in [1.54, 1.807) is 0 Å². The van der Waals surface area contributed by atoms with Crippen molar-refractivity contribution in [3.05, 3.63) is 86.3 Å². The molecule has 2 N–H and O–H groups in total. The first-order valence-electron chi connectivity index (χ1n) is 10.8. The number of nitriles is 1. The zero-order valence-corrected chi connectivity index (χ0v) is 20.0. The number of Topliss-reactive ketones (excluding diaryl/α,β-unsaturated/α-hetero) is 1. The quantitative estimate of drug-likeness (QED) is 0.596. The first-order valence-corrected chi connectivity index (χ1v) is 11.2. The van der Waals surface area contributed by atoms with Crippen LogP contribution < -0.4 is 10.6 Å². The zero-order valence-electron chi connectivity index (χ0n) is 19.2. The van der Waals surface area contributed by atoms with Crippen molar-refractivity contribution in [2.75, 3.05) is 4.90 Å². The molecule has 2 aliphatic rings. The van der Waals surface area contributed by atoms with Gasteiger partial charge in [0.1, 0.15) is 5.82 Å². The van der Waals surface area contributed by atoms with Crippen LogP contribution in [-0.4, -0.2) is 5.78 Å². The summed E-state index contributed by atoms with van der Waals surface area (Å²) in [5.41, 5.74) is 13.3. The molecule has 1 aliphatic carbocycles. The second kappa shape index (κ2) is 7.83. The van der Waals surface area contributed by atoms with Crippen LogP contribution in [-0.2, 0) is 4.79 Å². The first-order chi connectivity index (χ1) is 15.0. The van der Waals surface area contributed by atoms with Gasteiger partial charge in [0.15, 0.2) is 5.78 Å². The Morgan fingerprint density at radius 1 is 1.09 bits per heavy atom. The number of nitrogens with two attached hydrogens (primary N) is 1. The van der Waals surface area contributed by atoms with Crippen molar-refractivity contribution in [1.29, 1.82) is 5.26 Å². The van der Waals surface area contributed by atoms with Crippen LogP contribution in [0, 0.1) is 37.5 Å². The van der Waals surface area contributed by atoms with Crippen LogP contribution >= 0.6 is 11.6 Å². The van der Waals surface area contributed by atoms with Crippen molar-refractivity contribution in [3.63, 3.8) is 0 Å². The van der Waals surface area contributed by atoms with Gasteiger partial charge < -0.3 is 5.73 Å². The van der Waals surface area contributed by atoms with E-state index in [2.05, 4.69) is 26.0 Å². The first kappa shape index (κ1) is 22.2. The Morgan fingerprint density at radius 2 is 1.81 bits per heavy atom. The van der Waals surface area contributed by atoms with Gasteiger partial charge in [-0.2, -0.15) is 5.26 Å². The molecule has 0 radical (unpaired) electrons. The Bertz CT molecular complexity index is 1250. The highest BCUT2D eigenvalue weighted by atomic mass is 35.5. The van der Waals surface area contributed by atoms with Crippen molar-refractivity contribution in [2.45, 2.75) is 53.4 Å². The Labute approximate surface area is 195 Å². The van der Waals surface area contributed by atoms with Crippen molar-refractivity contribution in [3.8, 4) is 6.07 Å². The summed E-state index contributed by atoms with van der Waals surface area (Å²) < 4.78 is 0. The molecule has 2 aromatic rings. The average molecular weight is 446 g/mol. The third-order valence-corrected chi connectivity index (χ3v) is 6.94. The minimum atomic E-state index is -0.462. The Hall–Kier alpha value is -3.03. The number of nitrogens with zero attached hydrogens (tertiary/aromatic N) is 2. The number of anilines is 1. The molecular weight excluding hydrogens is 418 g/mol. The molecule has 32 heavy (non-hydrogen) atoms. The minimum Gasteiger partial charge on any atom is -0.384 e. The Kier molecular flexibility index (Phi) is 5.43. The maximum atomic E-state index is 13.6. The van der Waals surface area contributed by atoms with Crippen molar-refractivity contribution >= 4 is 23.1 Å². The van der Waals surface area contributed by atoms with Gasteiger partial charge in [0, 0.05) is 28.4 Å². The molecule has 4 rings (SSSR count). The number of benzene rings is 2. The van der Waals surface area contributed by atoms with Gasteiger partial charge in [-0.3, -0.25) is 9.69 Å². The minimum absolute atomic E-state index is 0.0738. The highest BCUT2D eigenvalue weighted by Gasteiger charge is 2.45. The molecule has 0 spiro atoms. The topological polar surface area (TPSA) is 70.1 Å². The molecule has 164 valence electrons. The third-order valence-electron chi connectivity index (χ3n) is 6.53. The van der Waals surface area contributed by atoms with E-state index in [0.29, 0.717) is 34.8 Å². The van der Waals surface area contributed by atoms with Gasteiger partial charge in [0.25, 0.3) is 0 Å². The van der Waals surface area contributed by atoms with Crippen LogP contribution in [0.5, 0.6) is 0 Å². The fourth-order valence-corrected chi connectivity index (χ4v) is 5.16. The molecule has 0 saturated heterocycles. The van der Waals surface area contributed by atoms with Gasteiger partial charge in [-0.1, -0.05) is 55.3 Å². The smallest absolute Gasteiger partial charge is 0.162 e. The van der Waals surface area contributed by atoms with E-state index in [-0.39, 0.29) is 11.2 Å². The molecule has 1 atom stereocenters. The number of hydrogen-bond donors (Lipinski definition) is 1. The number of hydrogen-bond acceptors (Lipinski definition) is 4. The molecule has 2 aromatic carbocycles. The maximum Gasteiger partial charge on any atom is 0.162 e. The van der Waals surface area contributed by atoms with Crippen LogP contribution in [0.4, 0.5) is 5.69 Å². The van der Waals surface area contributed by atoms with Gasteiger partial charge in [0.2, 0.25) is 0 Å². The van der Waals surface area contributed by atoms with Gasteiger partial charge in [-0.05, 0) is 61.4 Å². The summed E-state index contributed by atoms with van der Waals surface area (Å²) in [6, 6.07) is 14.2. The average Bonchev–Trinajstić information content (AvgIpc) is 2.69. The van der Waals surface area contributed by atoms with Gasteiger partial charge in [0.05, 0.1) is 17.6 Å². The van der Waals surface area contributed by atoms with Crippen LogP contribution in [0.15, 0.2) is 59.1 Å². The summed E-state index contributed by atoms with van der Waals surface area (Å²) in [6.45, 7) is 10.2. The van der Waals surface area contributed by atoms with E-state index >= 15 is 0 Å². The third kappa shape index (κ3) is 3.61. The van der Waals surface area contributed by atoms with Crippen LogP contribution in [0.3, 0.4) is 0 Å². The lowest BCUT2D eigenvalue weighted by Crippen LogP contribution is -2.42. The van der Waals surface area contributed by atoms with Gasteiger partial charge in [-0.15, -0.1) is 0 Å². The van der Waals surface area contributed by atoms with E-state index in [0.717, 1.165) is 33.6 Å². The molecule has 4 nitrogen and oxygen atoms in total. The largest absolute Gasteiger partial charge is 0.384 e. The van der Waals surface area contributed by atoms with E-state index in [1.165, 1.54) is 0 Å². The molecule has 0 amide bonds. The monoisotopic (exact) mass is 445 g/mol. The highest BCUT2D eigenvalue weighted by molar-refractivity contribution is 6.31. The number of rotatable bonds is 2. The highest BCUT2D eigenvalue weighted by Crippen LogP contribution is 2.50. The predicted octanol–water partition coefficient (Wildman–Crippen LogP) is 6.21. The summed E-state index contributed by atoms with van der Waals surface area (Å²) in [4.78, 5) is 15.5. The van der Waals surface area contributed by atoms with Crippen molar-refractivity contribution < 1.29 is 4.79 Å². The molecule has 0 bridgehead atoms. The lowest BCUT2D eigenvalue weighted by Gasteiger charge is -2.44.